The normalized spacial score (nSPS) is 11.9. The van der Waals surface area contributed by atoms with Crippen LogP contribution in [0.25, 0.3) is 0 Å². The Bertz CT molecular complexity index is 161. The summed E-state index contributed by atoms with van der Waals surface area (Å²) in [6.07, 6.45) is 1.89. The molecular weight excluding hydrogens is 255 g/mol. The van der Waals surface area contributed by atoms with E-state index in [1.54, 1.807) is 6.92 Å². The van der Waals surface area contributed by atoms with Gasteiger partial charge in [0, 0.05) is 0 Å². The molecule has 0 N–H and O–H groups in total. The van der Waals surface area contributed by atoms with Crippen molar-refractivity contribution in [3.8, 4) is 0 Å². The molecule has 0 aliphatic heterocycles. The lowest BCUT2D eigenvalue weighted by Crippen LogP contribution is -2.03. The molecule has 0 heterocycles. The molecule has 0 saturated carbocycles. The average molecular weight is 268 g/mol. The number of hydrogen-bond donors (Lipinski definition) is 0. The predicted octanol–water partition coefficient (Wildman–Crippen LogP) is 2.52. The van der Waals surface area contributed by atoms with Crippen LogP contribution in [0.4, 0.5) is 0 Å². The fourth-order valence-corrected chi connectivity index (χ4v) is 1.44. The maximum Gasteiger partial charge on any atom is 0.344 e. The van der Waals surface area contributed by atoms with Crippen LogP contribution in [0.5, 0.6) is 0 Å². The number of halogens is 1. The van der Waals surface area contributed by atoms with E-state index in [0.717, 1.165) is 0 Å². The van der Waals surface area contributed by atoms with Crippen molar-refractivity contribution in [3.63, 3.8) is 0 Å². The minimum absolute atomic E-state index is 0.221. The van der Waals surface area contributed by atoms with Crippen molar-refractivity contribution in [1.82, 2.24) is 0 Å². The zero-order valence-corrected chi connectivity index (χ0v) is 9.21. The number of carbonyl (C=O) groups is 1. The second-order valence-corrected chi connectivity index (χ2v) is 3.64. The number of carbonyl (C=O) groups excluding carboxylic acids is 1. The van der Waals surface area contributed by atoms with E-state index in [9.17, 15) is 4.79 Å². The first-order valence-electron chi connectivity index (χ1n) is 3.62. The molecule has 0 aliphatic carbocycles. The molecule has 11 heavy (non-hydrogen) atoms. The molecule has 0 spiro atoms. The fourth-order valence-electron chi connectivity index (χ4n) is 0.561. The maximum atomic E-state index is 11.0. The van der Waals surface area contributed by atoms with Crippen LogP contribution >= 0.6 is 22.6 Å². The molecule has 0 amide bonds. The van der Waals surface area contributed by atoms with Crippen molar-refractivity contribution >= 4 is 28.6 Å². The van der Waals surface area contributed by atoms with Crippen molar-refractivity contribution in [2.45, 2.75) is 20.8 Å². The summed E-state index contributed by atoms with van der Waals surface area (Å²) in [4.78, 5) is 11.0. The smallest absolute Gasteiger partial charge is 0.344 e. The Hall–Kier alpha value is -0.0600. The van der Waals surface area contributed by atoms with Gasteiger partial charge in [0.25, 0.3) is 0 Å². The van der Waals surface area contributed by atoms with Gasteiger partial charge < -0.3 is 4.74 Å². The highest BCUT2D eigenvalue weighted by Crippen LogP contribution is 2.11. The summed E-state index contributed by atoms with van der Waals surface area (Å²) in [6, 6.07) is 0. The lowest BCUT2D eigenvalue weighted by Gasteiger charge is -2.00. The average Bonchev–Trinajstić information content (AvgIpc) is 1.86. The van der Waals surface area contributed by atoms with E-state index in [4.69, 9.17) is 4.74 Å². The van der Waals surface area contributed by atoms with Crippen molar-refractivity contribution in [2.75, 3.05) is 6.61 Å². The molecule has 0 aromatic heterocycles. The largest absolute Gasteiger partial charge is 0.462 e. The lowest BCUT2D eigenvalue weighted by atomic mass is 10.2. The summed E-state index contributed by atoms with van der Waals surface area (Å²) in [7, 11) is 0. The number of allylic oxidation sites excluding steroid dienone is 1. The second-order valence-electron chi connectivity index (χ2n) is 2.48. The van der Waals surface area contributed by atoms with Gasteiger partial charge in [0.05, 0.1) is 10.2 Å². The molecule has 0 fully saturated rings. The van der Waals surface area contributed by atoms with Crippen LogP contribution in [0.2, 0.25) is 0 Å². The first-order valence-corrected chi connectivity index (χ1v) is 4.70. The molecule has 2 nitrogen and oxygen atoms in total. The lowest BCUT2D eigenvalue weighted by molar-refractivity contribution is -0.137. The number of rotatable bonds is 3. The molecule has 3 heteroatoms. The van der Waals surface area contributed by atoms with E-state index >= 15 is 0 Å². The van der Waals surface area contributed by atoms with Gasteiger partial charge in [0.2, 0.25) is 0 Å². The van der Waals surface area contributed by atoms with Crippen molar-refractivity contribution in [1.29, 1.82) is 0 Å². The molecule has 0 bridgehead atoms. The molecule has 0 aromatic carbocycles. The molecule has 0 saturated heterocycles. The standard InChI is InChI=1S/C8H13IO2/c1-4-11-8(10)7(9)5-6(2)3/h5-6H,4H2,1-3H3. The van der Waals surface area contributed by atoms with Crippen LogP contribution in [0.15, 0.2) is 9.66 Å². The third-order valence-corrected chi connectivity index (χ3v) is 1.75. The van der Waals surface area contributed by atoms with Crippen molar-refractivity contribution < 1.29 is 9.53 Å². The Morgan fingerprint density at radius 2 is 2.18 bits per heavy atom. The molecule has 0 radical (unpaired) electrons. The Balaban J connectivity index is 4.01. The molecule has 0 atom stereocenters. The van der Waals surface area contributed by atoms with E-state index < -0.39 is 0 Å². The van der Waals surface area contributed by atoms with Gasteiger partial charge in [-0.2, -0.15) is 0 Å². The first-order chi connectivity index (χ1) is 5.07. The van der Waals surface area contributed by atoms with Crippen molar-refractivity contribution in [2.24, 2.45) is 5.92 Å². The first kappa shape index (κ1) is 10.9. The third kappa shape index (κ3) is 5.24. The monoisotopic (exact) mass is 268 g/mol. The SMILES string of the molecule is CCOC(=O)C(I)=CC(C)C. The minimum atomic E-state index is -0.221. The predicted molar refractivity (Wildman–Crippen MR) is 53.6 cm³/mol. The highest BCUT2D eigenvalue weighted by atomic mass is 127. The second kappa shape index (κ2) is 5.57. The Labute approximate surface area is 81.1 Å². The van der Waals surface area contributed by atoms with Crippen molar-refractivity contribution in [3.05, 3.63) is 9.66 Å². The van der Waals surface area contributed by atoms with Gasteiger partial charge in [0.15, 0.2) is 0 Å². The summed E-state index contributed by atoms with van der Waals surface area (Å²) < 4.78 is 5.46. The molecule has 0 rings (SSSR count). The van der Waals surface area contributed by atoms with Gasteiger partial charge >= 0.3 is 5.97 Å². The van der Waals surface area contributed by atoms with E-state index in [-0.39, 0.29) is 5.97 Å². The van der Waals surface area contributed by atoms with E-state index in [1.165, 1.54) is 0 Å². The zero-order chi connectivity index (χ0) is 8.85. The van der Waals surface area contributed by atoms with Crippen LogP contribution in [0.1, 0.15) is 20.8 Å². The van der Waals surface area contributed by atoms with Gasteiger partial charge in [-0.3, -0.25) is 0 Å². The fraction of sp³-hybridized carbons (Fsp3) is 0.625. The van der Waals surface area contributed by atoms with Crippen LogP contribution in [0.3, 0.4) is 0 Å². The summed E-state index contributed by atoms with van der Waals surface area (Å²) in [5.74, 6) is 0.174. The van der Waals surface area contributed by atoms with Crippen LogP contribution in [-0.2, 0) is 9.53 Å². The van der Waals surface area contributed by atoms with Crippen LogP contribution in [-0.4, -0.2) is 12.6 Å². The molecule has 0 aliphatic rings. The van der Waals surface area contributed by atoms with Gasteiger partial charge in [0.1, 0.15) is 0 Å². The molecular formula is C8H13IO2. The molecule has 64 valence electrons. The van der Waals surface area contributed by atoms with Crippen LogP contribution < -0.4 is 0 Å². The highest BCUT2D eigenvalue weighted by molar-refractivity contribution is 14.1. The number of hydrogen-bond acceptors (Lipinski definition) is 2. The Morgan fingerprint density at radius 3 is 2.55 bits per heavy atom. The summed E-state index contributed by atoms with van der Waals surface area (Å²) in [5.41, 5.74) is 0. The summed E-state index contributed by atoms with van der Waals surface area (Å²) in [5, 5.41) is 0. The number of ether oxygens (including phenoxy) is 1. The van der Waals surface area contributed by atoms with E-state index in [0.29, 0.717) is 16.1 Å². The van der Waals surface area contributed by atoms with Gasteiger partial charge in [-0.1, -0.05) is 19.9 Å². The topological polar surface area (TPSA) is 26.3 Å². The Morgan fingerprint density at radius 1 is 1.64 bits per heavy atom. The molecule has 0 aromatic rings. The molecule has 0 unspecified atom stereocenters. The quantitative estimate of drug-likeness (QED) is 0.446. The minimum Gasteiger partial charge on any atom is -0.462 e. The van der Waals surface area contributed by atoms with Gasteiger partial charge in [-0.25, -0.2) is 4.79 Å². The van der Waals surface area contributed by atoms with Gasteiger partial charge in [-0.15, -0.1) is 0 Å². The maximum absolute atomic E-state index is 11.0. The highest BCUT2D eigenvalue weighted by Gasteiger charge is 2.05. The van der Waals surface area contributed by atoms with E-state index in [1.807, 2.05) is 42.5 Å². The Kier molecular flexibility index (Phi) is 5.54. The van der Waals surface area contributed by atoms with E-state index in [2.05, 4.69) is 0 Å². The third-order valence-electron chi connectivity index (χ3n) is 0.950. The summed E-state index contributed by atoms with van der Waals surface area (Å²) in [6.45, 7) is 6.30. The van der Waals surface area contributed by atoms with Crippen LogP contribution in [0, 0.1) is 5.92 Å². The zero-order valence-electron chi connectivity index (χ0n) is 7.06. The summed E-state index contributed by atoms with van der Waals surface area (Å²) >= 11 is 1.99. The number of esters is 1. The van der Waals surface area contributed by atoms with Gasteiger partial charge in [-0.05, 0) is 35.4 Å².